The molecule has 0 atom stereocenters. The van der Waals surface area contributed by atoms with E-state index in [1.54, 1.807) is 4.90 Å². The van der Waals surface area contributed by atoms with E-state index in [1.807, 2.05) is 43.4 Å². The molecule has 0 N–H and O–H groups in total. The molecule has 0 fully saturated rings. The fraction of sp³-hybridized carbons (Fsp3) is 0.235. The van der Waals surface area contributed by atoms with Crippen LogP contribution < -0.4 is 9.80 Å². The van der Waals surface area contributed by atoms with Crippen molar-refractivity contribution < 1.29 is 4.79 Å². The summed E-state index contributed by atoms with van der Waals surface area (Å²) in [7, 11) is 1.83. The molecule has 3 nitrogen and oxygen atoms in total. The number of hydrogen-bond acceptors (Lipinski definition) is 2. The molecule has 0 aliphatic carbocycles. The maximum atomic E-state index is 12.4. The highest BCUT2D eigenvalue weighted by molar-refractivity contribution is 5.96. The fourth-order valence-electron chi connectivity index (χ4n) is 2.64. The first-order chi connectivity index (χ1) is 9.75. The monoisotopic (exact) mass is 266 g/mol. The van der Waals surface area contributed by atoms with Crippen molar-refractivity contribution in [3.05, 3.63) is 60.2 Å². The molecule has 20 heavy (non-hydrogen) atoms. The van der Waals surface area contributed by atoms with Crippen molar-refractivity contribution in [3.63, 3.8) is 0 Å². The number of likely N-dealkylation sites (N-methyl/N-ethyl adjacent to an activating group) is 1. The van der Waals surface area contributed by atoms with Crippen LogP contribution in [-0.4, -0.2) is 26.0 Å². The van der Waals surface area contributed by atoms with E-state index in [-0.39, 0.29) is 5.91 Å². The van der Waals surface area contributed by atoms with Crippen LogP contribution in [0.15, 0.2) is 54.6 Å². The predicted octanol–water partition coefficient (Wildman–Crippen LogP) is 2.71. The average molecular weight is 266 g/mol. The minimum absolute atomic E-state index is 0.118. The van der Waals surface area contributed by atoms with Gasteiger partial charge in [-0.15, -0.1) is 0 Å². The smallest absolute Gasteiger partial charge is 0.246 e. The van der Waals surface area contributed by atoms with E-state index in [0.717, 1.165) is 18.7 Å². The van der Waals surface area contributed by atoms with Gasteiger partial charge < -0.3 is 9.80 Å². The molecule has 1 aliphatic heterocycles. The maximum absolute atomic E-state index is 12.4. The number of carbonyl (C=O) groups is 1. The van der Waals surface area contributed by atoms with Gasteiger partial charge in [0.1, 0.15) is 0 Å². The number of carbonyl (C=O) groups excluding carboxylic acids is 1. The Morgan fingerprint density at radius 3 is 2.60 bits per heavy atom. The third-order valence-electron chi connectivity index (χ3n) is 3.83. The molecular formula is C17H18N2O. The van der Waals surface area contributed by atoms with Crippen molar-refractivity contribution in [1.29, 1.82) is 0 Å². The molecule has 0 aromatic heterocycles. The minimum atomic E-state index is 0.118. The number of fused-ring (bicyclic) bond motifs is 1. The van der Waals surface area contributed by atoms with Crippen LogP contribution in [0.4, 0.5) is 11.4 Å². The topological polar surface area (TPSA) is 23.6 Å². The van der Waals surface area contributed by atoms with E-state index in [1.165, 1.54) is 11.3 Å². The Morgan fingerprint density at radius 1 is 1.10 bits per heavy atom. The van der Waals surface area contributed by atoms with Gasteiger partial charge in [0.15, 0.2) is 0 Å². The maximum Gasteiger partial charge on any atom is 0.246 e. The van der Waals surface area contributed by atoms with Crippen LogP contribution in [0.5, 0.6) is 0 Å². The Morgan fingerprint density at radius 2 is 1.80 bits per heavy atom. The molecule has 3 rings (SSSR count). The van der Waals surface area contributed by atoms with Crippen molar-refractivity contribution in [3.8, 4) is 0 Å². The van der Waals surface area contributed by atoms with Gasteiger partial charge in [0.05, 0.1) is 6.54 Å². The molecule has 1 aliphatic rings. The second-order valence-electron chi connectivity index (χ2n) is 5.09. The van der Waals surface area contributed by atoms with Gasteiger partial charge in [-0.05, 0) is 30.2 Å². The summed E-state index contributed by atoms with van der Waals surface area (Å²) in [4.78, 5) is 16.3. The summed E-state index contributed by atoms with van der Waals surface area (Å²) in [6.07, 6.45) is 1.03. The number of nitrogens with zero attached hydrogens (tertiary/aromatic N) is 2. The van der Waals surface area contributed by atoms with Gasteiger partial charge in [0.2, 0.25) is 5.91 Å². The first kappa shape index (κ1) is 12.7. The molecule has 2 aromatic carbocycles. The summed E-state index contributed by atoms with van der Waals surface area (Å²) in [6, 6.07) is 18.1. The Bertz CT molecular complexity index is 609. The Kier molecular flexibility index (Phi) is 3.42. The van der Waals surface area contributed by atoms with Crippen LogP contribution in [0.1, 0.15) is 5.56 Å². The number of hydrogen-bond donors (Lipinski definition) is 0. The number of para-hydroxylation sites is 2. The van der Waals surface area contributed by atoms with E-state index in [2.05, 4.69) is 23.1 Å². The Labute approximate surface area is 119 Å². The van der Waals surface area contributed by atoms with Crippen molar-refractivity contribution in [2.24, 2.45) is 0 Å². The van der Waals surface area contributed by atoms with Gasteiger partial charge in [-0.3, -0.25) is 4.79 Å². The van der Waals surface area contributed by atoms with Gasteiger partial charge in [0, 0.05) is 25.0 Å². The van der Waals surface area contributed by atoms with Crippen LogP contribution in [0.3, 0.4) is 0 Å². The number of amides is 1. The lowest BCUT2D eigenvalue weighted by atomic mass is 10.2. The number of benzene rings is 2. The van der Waals surface area contributed by atoms with Crippen LogP contribution >= 0.6 is 0 Å². The lowest BCUT2D eigenvalue weighted by Gasteiger charge is -2.23. The van der Waals surface area contributed by atoms with E-state index in [9.17, 15) is 4.79 Å². The Balaban J connectivity index is 1.72. The van der Waals surface area contributed by atoms with Crippen molar-refractivity contribution in [2.45, 2.75) is 6.42 Å². The third kappa shape index (κ3) is 2.39. The van der Waals surface area contributed by atoms with E-state index >= 15 is 0 Å². The summed E-state index contributed by atoms with van der Waals surface area (Å²) in [6.45, 7) is 1.36. The van der Waals surface area contributed by atoms with Gasteiger partial charge in [-0.25, -0.2) is 0 Å². The number of anilines is 2. The molecule has 0 bridgehead atoms. The minimum Gasteiger partial charge on any atom is -0.362 e. The quantitative estimate of drug-likeness (QED) is 0.853. The summed E-state index contributed by atoms with van der Waals surface area (Å²) in [5, 5.41) is 0. The Hall–Kier alpha value is -2.29. The van der Waals surface area contributed by atoms with Gasteiger partial charge in [-0.2, -0.15) is 0 Å². The second kappa shape index (κ2) is 5.37. The van der Waals surface area contributed by atoms with Crippen molar-refractivity contribution >= 4 is 17.3 Å². The molecule has 0 saturated carbocycles. The van der Waals surface area contributed by atoms with Gasteiger partial charge >= 0.3 is 0 Å². The SMILES string of the molecule is CN(C(=O)CN1CCc2ccccc21)c1ccccc1. The largest absolute Gasteiger partial charge is 0.362 e. The van der Waals surface area contributed by atoms with E-state index < -0.39 is 0 Å². The molecule has 0 radical (unpaired) electrons. The predicted molar refractivity (Wildman–Crippen MR) is 82.2 cm³/mol. The lowest BCUT2D eigenvalue weighted by Crippen LogP contribution is -2.37. The molecule has 0 unspecified atom stereocenters. The summed E-state index contributed by atoms with van der Waals surface area (Å²) >= 11 is 0. The number of rotatable bonds is 3. The van der Waals surface area contributed by atoms with E-state index in [0.29, 0.717) is 6.54 Å². The first-order valence-corrected chi connectivity index (χ1v) is 6.90. The summed E-state index contributed by atoms with van der Waals surface area (Å²) < 4.78 is 0. The summed E-state index contributed by atoms with van der Waals surface area (Å²) in [5.41, 5.74) is 3.47. The van der Waals surface area contributed by atoms with Crippen LogP contribution in [-0.2, 0) is 11.2 Å². The fourth-order valence-corrected chi connectivity index (χ4v) is 2.64. The zero-order valence-electron chi connectivity index (χ0n) is 11.6. The van der Waals surface area contributed by atoms with Crippen molar-refractivity contribution in [1.82, 2.24) is 0 Å². The normalized spacial score (nSPS) is 13.2. The van der Waals surface area contributed by atoms with Crippen molar-refractivity contribution in [2.75, 3.05) is 29.9 Å². The molecule has 0 saturated heterocycles. The first-order valence-electron chi connectivity index (χ1n) is 6.90. The highest BCUT2D eigenvalue weighted by atomic mass is 16.2. The van der Waals surface area contributed by atoms with Gasteiger partial charge in [0.25, 0.3) is 0 Å². The molecular weight excluding hydrogens is 248 g/mol. The third-order valence-corrected chi connectivity index (χ3v) is 3.83. The molecule has 3 heteroatoms. The van der Waals surface area contributed by atoms with Gasteiger partial charge in [-0.1, -0.05) is 36.4 Å². The molecule has 102 valence electrons. The molecule has 1 amide bonds. The van der Waals surface area contributed by atoms with E-state index in [4.69, 9.17) is 0 Å². The average Bonchev–Trinajstić information content (AvgIpc) is 2.91. The van der Waals surface area contributed by atoms with Crippen LogP contribution in [0, 0.1) is 0 Å². The molecule has 0 spiro atoms. The molecule has 2 aromatic rings. The second-order valence-corrected chi connectivity index (χ2v) is 5.09. The highest BCUT2D eigenvalue weighted by Crippen LogP contribution is 2.27. The van der Waals surface area contributed by atoms with Crippen LogP contribution in [0.2, 0.25) is 0 Å². The van der Waals surface area contributed by atoms with Crippen LogP contribution in [0.25, 0.3) is 0 Å². The summed E-state index contributed by atoms with van der Waals surface area (Å²) in [5.74, 6) is 0.118. The molecule has 1 heterocycles. The lowest BCUT2D eigenvalue weighted by molar-refractivity contribution is -0.117. The zero-order chi connectivity index (χ0) is 13.9. The standard InChI is InChI=1S/C17H18N2O/c1-18(15-8-3-2-4-9-15)17(20)13-19-12-11-14-7-5-6-10-16(14)19/h2-10H,11-13H2,1H3. The zero-order valence-corrected chi connectivity index (χ0v) is 11.6. The highest BCUT2D eigenvalue weighted by Gasteiger charge is 2.22.